The minimum atomic E-state index is -1.26. The summed E-state index contributed by atoms with van der Waals surface area (Å²) in [6.45, 7) is 0.197. The first-order chi connectivity index (χ1) is 10.6. The molecule has 110 valence electrons. The number of hydrogen-bond acceptors (Lipinski definition) is 5. The molecule has 7 heteroatoms. The molecule has 0 bridgehead atoms. The Labute approximate surface area is 174 Å². The standard InChI is InChI=1S/C16H12N2O4.K/c19-14-11-6-3-7-12(13(11)15(20)18-14)17-8-9-4-1-2-5-10(9)16(21)22;/h1-7,17H,8H2,(H,21,22)(H,18,19,20);/q;+1/p-1. The molecule has 2 aromatic carbocycles. The van der Waals surface area contributed by atoms with Gasteiger partial charge in [0.25, 0.3) is 11.8 Å². The van der Waals surface area contributed by atoms with Crippen LogP contribution in [0, 0.1) is 0 Å². The fourth-order valence-corrected chi connectivity index (χ4v) is 2.43. The Kier molecular flexibility index (Phi) is 5.72. The summed E-state index contributed by atoms with van der Waals surface area (Å²) in [7, 11) is 0. The molecular weight excluding hydrogens is 323 g/mol. The van der Waals surface area contributed by atoms with Crippen LogP contribution in [0.4, 0.5) is 5.69 Å². The summed E-state index contributed by atoms with van der Waals surface area (Å²) in [5, 5.41) is 16.3. The Hall–Kier alpha value is -1.51. The second kappa shape index (κ2) is 7.37. The number of carboxylic acids is 1. The largest absolute Gasteiger partial charge is 1.00 e. The number of carbonyl (C=O) groups excluding carboxylic acids is 3. The maximum Gasteiger partial charge on any atom is 1.00 e. The molecule has 3 rings (SSSR count). The number of amides is 2. The summed E-state index contributed by atoms with van der Waals surface area (Å²) in [5.41, 5.74) is 1.68. The molecule has 0 saturated carbocycles. The predicted molar refractivity (Wildman–Crippen MR) is 76.3 cm³/mol. The first kappa shape index (κ1) is 17.8. The van der Waals surface area contributed by atoms with Gasteiger partial charge >= 0.3 is 51.4 Å². The maximum atomic E-state index is 11.8. The van der Waals surface area contributed by atoms with Crippen LogP contribution in [0.25, 0.3) is 0 Å². The molecule has 0 saturated heterocycles. The third-order valence-corrected chi connectivity index (χ3v) is 3.47. The number of imide groups is 1. The zero-order valence-electron chi connectivity index (χ0n) is 12.4. The Balaban J connectivity index is 0.00000192. The average molecular weight is 334 g/mol. The van der Waals surface area contributed by atoms with Crippen molar-refractivity contribution in [1.29, 1.82) is 0 Å². The van der Waals surface area contributed by atoms with Gasteiger partial charge in [-0.3, -0.25) is 14.9 Å². The van der Waals surface area contributed by atoms with Crippen LogP contribution < -0.4 is 67.1 Å². The van der Waals surface area contributed by atoms with E-state index in [0.29, 0.717) is 16.8 Å². The number of carbonyl (C=O) groups is 3. The maximum absolute atomic E-state index is 11.8. The van der Waals surface area contributed by atoms with E-state index in [9.17, 15) is 19.5 Å². The van der Waals surface area contributed by atoms with Gasteiger partial charge in [0, 0.05) is 17.8 Å². The van der Waals surface area contributed by atoms with Gasteiger partial charge in [-0.05, 0) is 17.7 Å². The molecule has 0 spiro atoms. The second-order valence-electron chi connectivity index (χ2n) is 4.81. The van der Waals surface area contributed by atoms with E-state index in [2.05, 4.69) is 10.6 Å². The molecule has 2 aromatic rings. The summed E-state index contributed by atoms with van der Waals surface area (Å²) in [4.78, 5) is 34.5. The minimum absolute atomic E-state index is 0. The van der Waals surface area contributed by atoms with Crippen molar-refractivity contribution in [1.82, 2.24) is 5.32 Å². The number of anilines is 1. The van der Waals surface area contributed by atoms with Gasteiger partial charge in [0.05, 0.1) is 17.1 Å². The zero-order valence-corrected chi connectivity index (χ0v) is 15.5. The Morgan fingerprint density at radius 3 is 2.52 bits per heavy atom. The topological polar surface area (TPSA) is 98.3 Å². The van der Waals surface area contributed by atoms with E-state index in [1.165, 1.54) is 6.07 Å². The van der Waals surface area contributed by atoms with Crippen LogP contribution in [0.3, 0.4) is 0 Å². The molecule has 0 aromatic heterocycles. The van der Waals surface area contributed by atoms with Crippen molar-refractivity contribution in [3.63, 3.8) is 0 Å². The number of nitrogens with one attached hydrogen (secondary N) is 2. The van der Waals surface area contributed by atoms with Gasteiger partial charge in [0.15, 0.2) is 0 Å². The Morgan fingerprint density at radius 2 is 1.78 bits per heavy atom. The third kappa shape index (κ3) is 3.54. The molecule has 0 unspecified atom stereocenters. The summed E-state index contributed by atoms with van der Waals surface area (Å²) in [6.07, 6.45) is 0. The van der Waals surface area contributed by atoms with E-state index >= 15 is 0 Å². The third-order valence-electron chi connectivity index (χ3n) is 3.47. The van der Waals surface area contributed by atoms with Gasteiger partial charge < -0.3 is 15.2 Å². The number of fused-ring (bicyclic) bond motifs is 1. The summed E-state index contributed by atoms with van der Waals surface area (Å²) in [6, 6.07) is 11.3. The van der Waals surface area contributed by atoms with Gasteiger partial charge in [0.1, 0.15) is 0 Å². The number of hydrogen-bond donors (Lipinski definition) is 2. The van der Waals surface area contributed by atoms with Crippen molar-refractivity contribution in [3.8, 4) is 0 Å². The molecule has 1 aliphatic rings. The van der Waals surface area contributed by atoms with E-state index in [-0.39, 0.29) is 69.1 Å². The van der Waals surface area contributed by atoms with Gasteiger partial charge in [-0.2, -0.15) is 0 Å². The summed E-state index contributed by atoms with van der Waals surface area (Å²) >= 11 is 0. The van der Waals surface area contributed by atoms with E-state index in [4.69, 9.17) is 0 Å². The van der Waals surface area contributed by atoms with E-state index in [1.807, 2.05) is 0 Å². The van der Waals surface area contributed by atoms with Gasteiger partial charge in [0.2, 0.25) is 0 Å². The molecular formula is C16H11KN2O4. The number of rotatable bonds is 4. The number of aromatic carboxylic acids is 1. The number of carboxylic acid groups (broad SMARTS) is 1. The molecule has 0 aliphatic carbocycles. The molecule has 0 atom stereocenters. The van der Waals surface area contributed by atoms with Crippen LogP contribution in [0.1, 0.15) is 36.6 Å². The SMILES string of the molecule is O=C([O-])c1ccccc1CNc1cccc2c1C(=O)NC2=O.[K+]. The fourth-order valence-electron chi connectivity index (χ4n) is 2.43. The predicted octanol–water partition coefficient (Wildman–Crippen LogP) is -2.45. The van der Waals surface area contributed by atoms with Crippen molar-refractivity contribution in [2.24, 2.45) is 0 Å². The van der Waals surface area contributed by atoms with Crippen molar-refractivity contribution in [3.05, 3.63) is 64.7 Å². The van der Waals surface area contributed by atoms with Crippen molar-refractivity contribution in [2.45, 2.75) is 6.54 Å². The van der Waals surface area contributed by atoms with Gasteiger partial charge in [-0.1, -0.05) is 30.3 Å². The second-order valence-corrected chi connectivity index (χ2v) is 4.81. The monoisotopic (exact) mass is 334 g/mol. The summed E-state index contributed by atoms with van der Waals surface area (Å²) in [5.74, 6) is -2.15. The molecule has 0 radical (unpaired) electrons. The van der Waals surface area contributed by atoms with E-state index in [0.717, 1.165) is 0 Å². The molecule has 1 aliphatic heterocycles. The van der Waals surface area contributed by atoms with E-state index < -0.39 is 17.8 Å². The van der Waals surface area contributed by atoms with Gasteiger partial charge in [-0.15, -0.1) is 0 Å². The average Bonchev–Trinajstić information content (AvgIpc) is 2.81. The van der Waals surface area contributed by atoms with Crippen LogP contribution in [0.2, 0.25) is 0 Å². The Morgan fingerprint density at radius 1 is 1.04 bits per heavy atom. The van der Waals surface area contributed by atoms with Crippen molar-refractivity contribution < 1.29 is 70.9 Å². The van der Waals surface area contributed by atoms with Crippen LogP contribution in [0.15, 0.2) is 42.5 Å². The smallest absolute Gasteiger partial charge is 0.545 e. The molecule has 2 N–H and O–H groups in total. The Bertz CT molecular complexity index is 804. The molecule has 0 fully saturated rings. The van der Waals surface area contributed by atoms with Crippen LogP contribution in [-0.4, -0.2) is 17.8 Å². The zero-order chi connectivity index (χ0) is 15.7. The normalized spacial score (nSPS) is 12.2. The van der Waals surface area contributed by atoms with Crippen molar-refractivity contribution in [2.75, 3.05) is 5.32 Å². The van der Waals surface area contributed by atoms with Crippen LogP contribution in [0.5, 0.6) is 0 Å². The molecule has 2 amide bonds. The first-order valence-electron chi connectivity index (χ1n) is 6.59. The van der Waals surface area contributed by atoms with Crippen LogP contribution >= 0.6 is 0 Å². The van der Waals surface area contributed by atoms with Crippen molar-refractivity contribution >= 4 is 23.5 Å². The van der Waals surface area contributed by atoms with E-state index in [1.54, 1.807) is 36.4 Å². The first-order valence-corrected chi connectivity index (χ1v) is 6.59. The molecule has 6 nitrogen and oxygen atoms in total. The number of benzene rings is 2. The van der Waals surface area contributed by atoms with Crippen LogP contribution in [-0.2, 0) is 6.54 Å². The molecule has 1 heterocycles. The fraction of sp³-hybridized carbons (Fsp3) is 0.0625. The minimum Gasteiger partial charge on any atom is -0.545 e. The molecule has 23 heavy (non-hydrogen) atoms. The van der Waals surface area contributed by atoms with Gasteiger partial charge in [-0.25, -0.2) is 0 Å². The summed E-state index contributed by atoms with van der Waals surface area (Å²) < 4.78 is 0. The quantitative estimate of drug-likeness (QED) is 0.478.